The highest BCUT2D eigenvalue weighted by Crippen LogP contribution is 2.21. The molecule has 0 aliphatic carbocycles. The van der Waals surface area contributed by atoms with Crippen LogP contribution >= 0.6 is 11.8 Å². The number of amides is 3. The van der Waals surface area contributed by atoms with E-state index >= 15 is 0 Å². The zero-order valence-electron chi connectivity index (χ0n) is 16.1. The number of nitrogens with one attached hydrogen (secondary N) is 1. The number of hydrogen-bond acceptors (Lipinski definition) is 5. The first-order valence-corrected chi connectivity index (χ1v) is 10.6. The second kappa shape index (κ2) is 10.8. The Morgan fingerprint density at radius 1 is 1.00 bits per heavy atom. The Bertz CT molecular complexity index is 824. The minimum absolute atomic E-state index is 0.0642. The summed E-state index contributed by atoms with van der Waals surface area (Å²) in [7, 11) is 0. The Balaban J connectivity index is 1.32. The lowest BCUT2D eigenvalue weighted by molar-refractivity contribution is -0.125. The van der Waals surface area contributed by atoms with Gasteiger partial charge in [-0.2, -0.15) is 0 Å². The molecule has 3 amide bonds. The van der Waals surface area contributed by atoms with Crippen LogP contribution in [0.5, 0.6) is 0 Å². The first kappa shape index (κ1) is 21.1. The molecule has 0 bridgehead atoms. The Kier molecular flexibility index (Phi) is 7.84. The highest BCUT2D eigenvalue weighted by Gasteiger charge is 2.29. The van der Waals surface area contributed by atoms with Gasteiger partial charge in [0.15, 0.2) is 0 Å². The number of thioether (sulfide) groups is 1. The number of imide groups is 1. The van der Waals surface area contributed by atoms with E-state index in [2.05, 4.69) is 17.4 Å². The Hall–Kier alpha value is -2.64. The molecule has 1 aliphatic rings. The van der Waals surface area contributed by atoms with Crippen LogP contribution < -0.4 is 5.32 Å². The molecule has 1 N–H and O–H groups in total. The molecule has 0 radical (unpaired) electrons. The predicted molar refractivity (Wildman–Crippen MR) is 114 cm³/mol. The van der Waals surface area contributed by atoms with Gasteiger partial charge >= 0.3 is 0 Å². The third-order valence-corrected chi connectivity index (χ3v) is 5.35. The van der Waals surface area contributed by atoms with Crippen LogP contribution in [0.1, 0.15) is 24.0 Å². The van der Waals surface area contributed by atoms with Crippen LogP contribution in [0, 0.1) is 0 Å². The highest BCUT2D eigenvalue weighted by atomic mass is 32.2. The standard InChI is InChI=1S/C22H24N2O4S/c25-20(7-4-13-28-14-12-17-5-2-1-3-6-17)23-19-10-8-18(9-11-19)15-24-21(26)16-29-22(24)27/h1-3,5-6,8-11H,4,7,12-16H2,(H,23,25). The number of carbonyl (C=O) groups is 3. The molecule has 7 heteroatoms. The molecule has 3 rings (SSSR count). The van der Waals surface area contributed by atoms with Gasteiger partial charge in [-0.1, -0.05) is 54.2 Å². The van der Waals surface area contributed by atoms with Crippen molar-refractivity contribution >= 4 is 34.5 Å². The second-order valence-electron chi connectivity index (χ2n) is 6.73. The van der Waals surface area contributed by atoms with Crippen molar-refractivity contribution in [3.8, 4) is 0 Å². The maximum atomic E-state index is 12.0. The summed E-state index contributed by atoms with van der Waals surface area (Å²) < 4.78 is 5.59. The Morgan fingerprint density at radius 2 is 1.76 bits per heavy atom. The van der Waals surface area contributed by atoms with Gasteiger partial charge in [0.05, 0.1) is 18.9 Å². The van der Waals surface area contributed by atoms with Gasteiger partial charge < -0.3 is 10.1 Å². The fourth-order valence-corrected chi connectivity index (χ4v) is 3.63. The number of hydrogen-bond donors (Lipinski definition) is 1. The van der Waals surface area contributed by atoms with Crippen molar-refractivity contribution in [1.82, 2.24) is 4.90 Å². The van der Waals surface area contributed by atoms with Crippen LogP contribution in [0.15, 0.2) is 54.6 Å². The molecule has 1 fully saturated rings. The monoisotopic (exact) mass is 412 g/mol. The molecular formula is C22H24N2O4S. The van der Waals surface area contributed by atoms with Gasteiger partial charge in [-0.15, -0.1) is 0 Å². The van der Waals surface area contributed by atoms with E-state index in [9.17, 15) is 14.4 Å². The average molecular weight is 413 g/mol. The van der Waals surface area contributed by atoms with E-state index < -0.39 is 0 Å². The summed E-state index contributed by atoms with van der Waals surface area (Å²) in [6.07, 6.45) is 1.92. The largest absolute Gasteiger partial charge is 0.381 e. The zero-order valence-corrected chi connectivity index (χ0v) is 17.0. The SMILES string of the molecule is O=C(CCCOCCc1ccccc1)Nc1ccc(CN2C(=O)CSC2=O)cc1. The molecule has 1 heterocycles. The van der Waals surface area contributed by atoms with Crippen LogP contribution in [-0.2, 0) is 27.3 Å². The molecule has 0 unspecified atom stereocenters. The fraction of sp³-hybridized carbons (Fsp3) is 0.318. The van der Waals surface area contributed by atoms with Crippen molar-refractivity contribution in [2.24, 2.45) is 0 Å². The molecule has 1 aliphatic heterocycles. The molecule has 0 aromatic heterocycles. The summed E-state index contributed by atoms with van der Waals surface area (Å²) in [5.74, 6) is -0.0165. The average Bonchev–Trinajstić information content (AvgIpc) is 3.05. The van der Waals surface area contributed by atoms with E-state index in [1.807, 2.05) is 30.3 Å². The van der Waals surface area contributed by atoms with Gasteiger partial charge in [0.2, 0.25) is 11.8 Å². The smallest absolute Gasteiger partial charge is 0.289 e. The Labute approximate surface area is 174 Å². The molecule has 2 aromatic carbocycles. The van der Waals surface area contributed by atoms with Gasteiger partial charge in [0.25, 0.3) is 5.24 Å². The molecule has 29 heavy (non-hydrogen) atoms. The molecule has 0 atom stereocenters. The normalized spacial score (nSPS) is 13.7. The van der Waals surface area contributed by atoms with E-state index in [4.69, 9.17) is 4.74 Å². The first-order chi connectivity index (χ1) is 14.1. The van der Waals surface area contributed by atoms with Crippen molar-refractivity contribution < 1.29 is 19.1 Å². The van der Waals surface area contributed by atoms with E-state index in [1.54, 1.807) is 12.1 Å². The molecule has 0 saturated carbocycles. The Morgan fingerprint density at radius 3 is 2.45 bits per heavy atom. The van der Waals surface area contributed by atoms with Gasteiger partial charge in [-0.3, -0.25) is 19.3 Å². The predicted octanol–water partition coefficient (Wildman–Crippen LogP) is 3.86. The van der Waals surface area contributed by atoms with Crippen molar-refractivity contribution in [2.75, 3.05) is 24.3 Å². The van der Waals surface area contributed by atoms with Gasteiger partial charge in [0, 0.05) is 18.7 Å². The van der Waals surface area contributed by atoms with E-state index in [0.29, 0.717) is 31.7 Å². The number of carbonyl (C=O) groups excluding carboxylic acids is 3. The zero-order chi connectivity index (χ0) is 20.5. The van der Waals surface area contributed by atoms with Crippen molar-refractivity contribution in [2.45, 2.75) is 25.8 Å². The fourth-order valence-electron chi connectivity index (χ4n) is 2.90. The molecular weight excluding hydrogens is 388 g/mol. The summed E-state index contributed by atoms with van der Waals surface area (Å²) in [6, 6.07) is 17.3. The lowest BCUT2D eigenvalue weighted by atomic mass is 10.2. The van der Waals surface area contributed by atoms with E-state index in [-0.39, 0.29) is 29.4 Å². The van der Waals surface area contributed by atoms with Crippen molar-refractivity contribution in [3.63, 3.8) is 0 Å². The summed E-state index contributed by atoms with van der Waals surface area (Å²) >= 11 is 1.03. The minimum Gasteiger partial charge on any atom is -0.381 e. The number of anilines is 1. The molecule has 2 aromatic rings. The molecule has 1 saturated heterocycles. The number of benzene rings is 2. The lowest BCUT2D eigenvalue weighted by Crippen LogP contribution is -2.27. The van der Waals surface area contributed by atoms with Crippen LogP contribution in [0.2, 0.25) is 0 Å². The third kappa shape index (κ3) is 6.73. The summed E-state index contributed by atoms with van der Waals surface area (Å²) in [6.45, 7) is 1.46. The summed E-state index contributed by atoms with van der Waals surface area (Å²) in [4.78, 5) is 36.6. The quantitative estimate of drug-likeness (QED) is 0.600. The van der Waals surface area contributed by atoms with Gasteiger partial charge in [0.1, 0.15) is 0 Å². The summed E-state index contributed by atoms with van der Waals surface area (Å²) in [5.41, 5.74) is 2.78. The maximum Gasteiger partial charge on any atom is 0.289 e. The van der Waals surface area contributed by atoms with Crippen molar-refractivity contribution in [1.29, 1.82) is 0 Å². The molecule has 6 nitrogen and oxygen atoms in total. The highest BCUT2D eigenvalue weighted by molar-refractivity contribution is 8.14. The summed E-state index contributed by atoms with van der Waals surface area (Å²) in [5, 5.41) is 2.64. The minimum atomic E-state index is -0.210. The maximum absolute atomic E-state index is 12.0. The number of nitrogens with zero attached hydrogens (tertiary/aromatic N) is 1. The van der Waals surface area contributed by atoms with Crippen LogP contribution in [-0.4, -0.2) is 40.9 Å². The van der Waals surface area contributed by atoms with Crippen molar-refractivity contribution in [3.05, 3.63) is 65.7 Å². The number of rotatable bonds is 10. The van der Waals surface area contributed by atoms with E-state index in [0.717, 1.165) is 23.7 Å². The van der Waals surface area contributed by atoms with Gasteiger partial charge in [-0.05, 0) is 36.1 Å². The first-order valence-electron chi connectivity index (χ1n) is 9.59. The molecule has 152 valence electrons. The number of ether oxygens (including phenoxy) is 1. The van der Waals surface area contributed by atoms with E-state index in [1.165, 1.54) is 10.5 Å². The third-order valence-electron chi connectivity index (χ3n) is 4.49. The van der Waals surface area contributed by atoms with Crippen LogP contribution in [0.25, 0.3) is 0 Å². The topological polar surface area (TPSA) is 75.7 Å². The molecule has 0 spiro atoms. The van der Waals surface area contributed by atoms with Crippen LogP contribution in [0.3, 0.4) is 0 Å². The second-order valence-corrected chi connectivity index (χ2v) is 7.66. The lowest BCUT2D eigenvalue weighted by Gasteiger charge is -2.13. The van der Waals surface area contributed by atoms with Crippen LogP contribution in [0.4, 0.5) is 10.5 Å². The van der Waals surface area contributed by atoms with Gasteiger partial charge in [-0.25, -0.2) is 0 Å².